The van der Waals surface area contributed by atoms with E-state index in [-0.39, 0.29) is 0 Å². The molecule has 0 spiro atoms. The second-order valence-electron chi connectivity index (χ2n) is 7.85. The van der Waals surface area contributed by atoms with Crippen LogP contribution in [0.4, 0.5) is 0 Å². The number of carbonyl (C=O) groups excluding carboxylic acids is 1. The van der Waals surface area contributed by atoms with Crippen LogP contribution in [-0.4, -0.2) is 46.4 Å². The number of hydrogen-bond acceptors (Lipinski definition) is 4. The maximum absolute atomic E-state index is 12.6. The fraction of sp³-hybridized carbons (Fsp3) is 0.478. The van der Waals surface area contributed by atoms with Gasteiger partial charge in [-0.1, -0.05) is 18.2 Å². The Hall–Kier alpha value is -2.40. The molecule has 0 bridgehead atoms. The number of pyridine rings is 1. The number of likely N-dealkylation sites (tertiary alicyclic amines) is 2. The molecule has 0 N–H and O–H groups in total. The normalized spacial score (nSPS) is 22.8. The largest absolute Gasteiger partial charge is 0.494 e. The van der Waals surface area contributed by atoms with Gasteiger partial charge in [0.1, 0.15) is 5.75 Å². The summed E-state index contributed by atoms with van der Waals surface area (Å²) in [5.74, 6) is 1.79. The number of hydrogen-bond donors (Lipinski definition) is 0. The number of benzene rings is 1. The molecule has 2 aromatic rings. The molecule has 3 heterocycles. The summed E-state index contributed by atoms with van der Waals surface area (Å²) in [7, 11) is 0. The zero-order valence-electron chi connectivity index (χ0n) is 16.6. The highest BCUT2D eigenvalue weighted by molar-refractivity contribution is 5.77. The van der Waals surface area contributed by atoms with Crippen LogP contribution in [0.5, 0.6) is 5.75 Å². The Balaban J connectivity index is 1.38. The quantitative estimate of drug-likeness (QED) is 0.771. The predicted octanol–water partition coefficient (Wildman–Crippen LogP) is 3.49. The van der Waals surface area contributed by atoms with Crippen molar-refractivity contribution in [2.75, 3.05) is 19.7 Å². The number of aromatic nitrogens is 1. The second kappa shape index (κ2) is 8.74. The number of fused-ring (bicyclic) bond motifs is 1. The first-order chi connectivity index (χ1) is 13.7. The fourth-order valence-electron chi connectivity index (χ4n) is 4.58. The van der Waals surface area contributed by atoms with Gasteiger partial charge in [-0.15, -0.1) is 0 Å². The number of rotatable bonds is 6. The summed E-state index contributed by atoms with van der Waals surface area (Å²) in [4.78, 5) is 21.4. The predicted molar refractivity (Wildman–Crippen MR) is 109 cm³/mol. The molecule has 2 atom stereocenters. The van der Waals surface area contributed by atoms with Crippen LogP contribution in [0, 0.1) is 5.92 Å². The molecule has 2 fully saturated rings. The van der Waals surface area contributed by atoms with Gasteiger partial charge in [0, 0.05) is 51.0 Å². The zero-order valence-corrected chi connectivity index (χ0v) is 16.6. The molecule has 1 amide bonds. The number of nitrogens with zero attached hydrogens (tertiary/aromatic N) is 3. The Bertz CT molecular complexity index is 778. The van der Waals surface area contributed by atoms with Crippen LogP contribution >= 0.6 is 0 Å². The molecule has 0 aliphatic carbocycles. The number of piperidine rings is 2. The highest BCUT2D eigenvalue weighted by atomic mass is 16.5. The van der Waals surface area contributed by atoms with Crippen molar-refractivity contribution in [1.82, 2.24) is 14.8 Å². The number of ether oxygens (including phenoxy) is 1. The Labute approximate surface area is 167 Å². The number of amides is 1. The van der Waals surface area contributed by atoms with E-state index in [4.69, 9.17) is 4.74 Å². The molecule has 4 rings (SSSR count). The van der Waals surface area contributed by atoms with Gasteiger partial charge in [0.05, 0.1) is 6.61 Å². The number of carbonyl (C=O) groups is 1. The molecule has 2 aliphatic heterocycles. The molecular weight excluding hydrogens is 350 g/mol. The average Bonchev–Trinajstić information content (AvgIpc) is 2.73. The molecule has 0 saturated carbocycles. The molecule has 0 radical (unpaired) electrons. The average molecular weight is 380 g/mol. The summed E-state index contributed by atoms with van der Waals surface area (Å²) < 4.78 is 5.54. The van der Waals surface area contributed by atoms with Crippen LogP contribution < -0.4 is 4.74 Å². The van der Waals surface area contributed by atoms with E-state index in [0.717, 1.165) is 43.8 Å². The third-order valence-electron chi connectivity index (χ3n) is 5.94. The van der Waals surface area contributed by atoms with E-state index in [1.54, 1.807) is 6.20 Å². The van der Waals surface area contributed by atoms with E-state index < -0.39 is 0 Å². The lowest BCUT2D eigenvalue weighted by molar-refractivity contribution is -0.142. The highest BCUT2D eigenvalue weighted by Gasteiger charge is 2.39. The maximum Gasteiger partial charge on any atom is 0.223 e. The molecule has 0 unspecified atom stereocenters. The van der Waals surface area contributed by atoms with Gasteiger partial charge < -0.3 is 9.64 Å². The topological polar surface area (TPSA) is 45.7 Å². The van der Waals surface area contributed by atoms with E-state index in [0.29, 0.717) is 37.4 Å². The van der Waals surface area contributed by atoms with Crippen molar-refractivity contribution >= 4 is 5.91 Å². The van der Waals surface area contributed by atoms with Gasteiger partial charge >= 0.3 is 0 Å². The van der Waals surface area contributed by atoms with E-state index in [1.165, 1.54) is 5.56 Å². The summed E-state index contributed by atoms with van der Waals surface area (Å²) >= 11 is 0. The summed E-state index contributed by atoms with van der Waals surface area (Å²) in [5.41, 5.74) is 2.44. The van der Waals surface area contributed by atoms with Crippen LogP contribution in [0.3, 0.4) is 0 Å². The van der Waals surface area contributed by atoms with E-state index in [2.05, 4.69) is 45.1 Å². The van der Waals surface area contributed by atoms with Crippen LogP contribution in [0.25, 0.3) is 0 Å². The molecule has 1 aromatic carbocycles. The standard InChI is InChI=1S/C23H29N3O2/c1-2-28-21-8-5-18(6-9-21)15-25-13-11-22-20(17-25)7-10-23(27)26(22)16-19-4-3-12-24-14-19/h3-6,8-9,12,14,20,22H,2,7,10-11,13,15-17H2,1H3/t20-,22+/m1/s1. The van der Waals surface area contributed by atoms with Crippen molar-refractivity contribution in [3.63, 3.8) is 0 Å². The lowest BCUT2D eigenvalue weighted by Crippen LogP contribution is -2.55. The summed E-state index contributed by atoms with van der Waals surface area (Å²) in [6.07, 6.45) is 6.38. The molecule has 5 nitrogen and oxygen atoms in total. The first-order valence-corrected chi connectivity index (χ1v) is 10.4. The van der Waals surface area contributed by atoms with Crippen molar-refractivity contribution in [3.05, 3.63) is 59.9 Å². The Morgan fingerprint density at radius 1 is 1.11 bits per heavy atom. The lowest BCUT2D eigenvalue weighted by Gasteiger charge is -2.47. The van der Waals surface area contributed by atoms with Gasteiger partial charge in [0.2, 0.25) is 5.91 Å². The van der Waals surface area contributed by atoms with Crippen LogP contribution in [0.1, 0.15) is 37.3 Å². The fourth-order valence-corrected chi connectivity index (χ4v) is 4.58. The van der Waals surface area contributed by atoms with Crippen LogP contribution in [0.15, 0.2) is 48.8 Å². The van der Waals surface area contributed by atoms with Crippen molar-refractivity contribution in [3.8, 4) is 5.75 Å². The van der Waals surface area contributed by atoms with Gasteiger partial charge in [0.15, 0.2) is 0 Å². The monoisotopic (exact) mass is 379 g/mol. The minimum Gasteiger partial charge on any atom is -0.494 e. The molecule has 5 heteroatoms. The van der Waals surface area contributed by atoms with E-state index in [9.17, 15) is 4.79 Å². The molecule has 148 valence electrons. The summed E-state index contributed by atoms with van der Waals surface area (Å²) in [6.45, 7) is 6.45. The van der Waals surface area contributed by atoms with Gasteiger partial charge in [-0.25, -0.2) is 0 Å². The minimum atomic E-state index is 0.296. The smallest absolute Gasteiger partial charge is 0.223 e. The SMILES string of the molecule is CCOc1ccc(CN2CC[C@H]3[C@H](CCC(=O)N3Cc3cccnc3)C2)cc1. The Morgan fingerprint density at radius 2 is 1.96 bits per heavy atom. The maximum atomic E-state index is 12.6. The van der Waals surface area contributed by atoms with E-state index >= 15 is 0 Å². The van der Waals surface area contributed by atoms with Crippen molar-refractivity contribution < 1.29 is 9.53 Å². The van der Waals surface area contributed by atoms with E-state index in [1.807, 2.05) is 19.2 Å². The van der Waals surface area contributed by atoms with Gasteiger partial charge in [-0.3, -0.25) is 14.7 Å². The van der Waals surface area contributed by atoms with Crippen LogP contribution in [0.2, 0.25) is 0 Å². The Kier molecular flexibility index (Phi) is 5.91. The van der Waals surface area contributed by atoms with Gasteiger partial charge in [-0.05, 0) is 55.0 Å². The first-order valence-electron chi connectivity index (χ1n) is 10.4. The molecule has 1 aromatic heterocycles. The second-order valence-corrected chi connectivity index (χ2v) is 7.85. The Morgan fingerprint density at radius 3 is 2.71 bits per heavy atom. The third-order valence-corrected chi connectivity index (χ3v) is 5.94. The highest BCUT2D eigenvalue weighted by Crippen LogP contribution is 2.33. The van der Waals surface area contributed by atoms with Gasteiger partial charge in [-0.2, -0.15) is 0 Å². The summed E-state index contributed by atoms with van der Waals surface area (Å²) in [6, 6.07) is 12.8. The minimum absolute atomic E-state index is 0.296. The molecule has 2 aliphatic rings. The molecule has 2 saturated heterocycles. The van der Waals surface area contributed by atoms with Crippen LogP contribution in [-0.2, 0) is 17.9 Å². The molecule has 28 heavy (non-hydrogen) atoms. The molecular formula is C23H29N3O2. The van der Waals surface area contributed by atoms with Crippen molar-refractivity contribution in [2.24, 2.45) is 5.92 Å². The van der Waals surface area contributed by atoms with Gasteiger partial charge in [0.25, 0.3) is 0 Å². The first kappa shape index (κ1) is 18.9. The van der Waals surface area contributed by atoms with Crippen molar-refractivity contribution in [2.45, 2.75) is 45.3 Å². The summed E-state index contributed by atoms with van der Waals surface area (Å²) in [5, 5.41) is 0. The lowest BCUT2D eigenvalue weighted by atomic mass is 9.83. The zero-order chi connectivity index (χ0) is 19.3. The third kappa shape index (κ3) is 4.36. The van der Waals surface area contributed by atoms with Crippen molar-refractivity contribution in [1.29, 1.82) is 0 Å².